The molecule has 5 heteroatoms. The second kappa shape index (κ2) is 8.13. The van der Waals surface area contributed by atoms with E-state index in [0.29, 0.717) is 11.5 Å². The molecule has 1 amide bonds. The molecule has 2 rings (SSSR count). The maximum Gasteiger partial charge on any atom is 0.252 e. The highest BCUT2D eigenvalue weighted by Gasteiger charge is 2.19. The zero-order valence-corrected chi connectivity index (χ0v) is 14.0. The van der Waals surface area contributed by atoms with Gasteiger partial charge in [0, 0.05) is 26.8 Å². The first-order chi connectivity index (χ1) is 10.6. The summed E-state index contributed by atoms with van der Waals surface area (Å²) in [5, 5.41) is 3.05. The van der Waals surface area contributed by atoms with E-state index >= 15 is 0 Å². The van der Waals surface area contributed by atoms with Gasteiger partial charge in [-0.3, -0.25) is 4.79 Å². The number of hydrogen-bond acceptors (Lipinski definition) is 4. The molecule has 5 nitrogen and oxygen atoms in total. The van der Waals surface area contributed by atoms with E-state index in [0.717, 1.165) is 25.5 Å². The summed E-state index contributed by atoms with van der Waals surface area (Å²) in [5.41, 5.74) is 0.633. The molecular formula is C17H28N4O. The first-order valence-corrected chi connectivity index (χ1v) is 8.24. The number of pyridine rings is 1. The predicted molar refractivity (Wildman–Crippen MR) is 90.4 cm³/mol. The van der Waals surface area contributed by atoms with E-state index in [-0.39, 0.29) is 5.91 Å². The van der Waals surface area contributed by atoms with E-state index in [9.17, 15) is 4.79 Å². The molecule has 0 aromatic carbocycles. The molecule has 1 aliphatic heterocycles. The lowest BCUT2D eigenvalue weighted by atomic mass is 9.96. The van der Waals surface area contributed by atoms with E-state index in [1.165, 1.54) is 25.8 Å². The molecule has 1 aromatic rings. The van der Waals surface area contributed by atoms with Crippen LogP contribution in [0.15, 0.2) is 18.3 Å². The molecule has 1 saturated heterocycles. The summed E-state index contributed by atoms with van der Waals surface area (Å²) in [6.45, 7) is 6.51. The van der Waals surface area contributed by atoms with Crippen LogP contribution in [0.2, 0.25) is 0 Å². The van der Waals surface area contributed by atoms with Gasteiger partial charge in [0.25, 0.3) is 5.91 Å². The molecule has 0 saturated carbocycles. The molecule has 1 aromatic heterocycles. The lowest BCUT2D eigenvalue weighted by molar-refractivity contribution is 0.0936. The van der Waals surface area contributed by atoms with Gasteiger partial charge in [-0.05, 0) is 56.9 Å². The van der Waals surface area contributed by atoms with Gasteiger partial charge >= 0.3 is 0 Å². The van der Waals surface area contributed by atoms with Crippen molar-refractivity contribution in [2.24, 2.45) is 5.92 Å². The van der Waals surface area contributed by atoms with Gasteiger partial charge in [-0.1, -0.05) is 6.92 Å². The van der Waals surface area contributed by atoms with Gasteiger partial charge in [0.2, 0.25) is 0 Å². The zero-order valence-electron chi connectivity index (χ0n) is 14.0. The Morgan fingerprint density at radius 3 is 2.64 bits per heavy atom. The molecule has 2 heterocycles. The average Bonchev–Trinajstić information content (AvgIpc) is 2.54. The molecule has 1 N–H and O–H groups in total. The summed E-state index contributed by atoms with van der Waals surface area (Å²) in [6, 6.07) is 3.71. The molecule has 122 valence electrons. The van der Waals surface area contributed by atoms with Crippen molar-refractivity contribution in [1.82, 2.24) is 15.2 Å². The maximum atomic E-state index is 12.2. The third-order valence-corrected chi connectivity index (χ3v) is 4.27. The Balaban J connectivity index is 1.76. The third-order valence-electron chi connectivity index (χ3n) is 4.27. The standard InChI is InChI=1S/C17H28N4O/c1-4-9-21-10-7-14(8-11-21)12-19-17(22)15-5-6-16(18-13-15)20(2)3/h5-6,13-14H,4,7-12H2,1-3H3,(H,19,22). The van der Waals surface area contributed by atoms with Crippen LogP contribution in [0, 0.1) is 5.92 Å². The van der Waals surface area contributed by atoms with Gasteiger partial charge in [-0.15, -0.1) is 0 Å². The predicted octanol–water partition coefficient (Wildman–Crippen LogP) is 2.00. The first kappa shape index (κ1) is 16.7. The Morgan fingerprint density at radius 2 is 2.09 bits per heavy atom. The number of nitrogens with one attached hydrogen (secondary N) is 1. The number of carbonyl (C=O) groups is 1. The maximum absolute atomic E-state index is 12.2. The van der Waals surface area contributed by atoms with Crippen LogP contribution < -0.4 is 10.2 Å². The summed E-state index contributed by atoms with van der Waals surface area (Å²) >= 11 is 0. The van der Waals surface area contributed by atoms with Gasteiger partial charge in [-0.25, -0.2) is 4.98 Å². The van der Waals surface area contributed by atoms with Crippen LogP contribution in [0.3, 0.4) is 0 Å². The van der Waals surface area contributed by atoms with E-state index in [1.54, 1.807) is 6.20 Å². The van der Waals surface area contributed by atoms with Crippen molar-refractivity contribution >= 4 is 11.7 Å². The fraction of sp³-hybridized carbons (Fsp3) is 0.647. The number of carbonyl (C=O) groups excluding carboxylic acids is 1. The molecule has 22 heavy (non-hydrogen) atoms. The Bertz CT molecular complexity index is 464. The third kappa shape index (κ3) is 4.70. The Kier molecular flexibility index (Phi) is 6.19. The van der Waals surface area contributed by atoms with E-state index < -0.39 is 0 Å². The minimum absolute atomic E-state index is 0.0196. The quantitative estimate of drug-likeness (QED) is 0.873. The van der Waals surface area contributed by atoms with Crippen LogP contribution in [0.5, 0.6) is 0 Å². The Hall–Kier alpha value is -1.62. The molecule has 0 spiro atoms. The highest BCUT2D eigenvalue weighted by molar-refractivity contribution is 5.94. The van der Waals surface area contributed by atoms with Crippen molar-refractivity contribution in [2.75, 3.05) is 45.2 Å². The van der Waals surface area contributed by atoms with Crippen LogP contribution in [0.1, 0.15) is 36.5 Å². The number of likely N-dealkylation sites (tertiary alicyclic amines) is 1. The molecule has 1 fully saturated rings. The number of nitrogens with zero attached hydrogens (tertiary/aromatic N) is 3. The van der Waals surface area contributed by atoms with E-state index in [2.05, 4.69) is 22.1 Å². The van der Waals surface area contributed by atoms with Gasteiger partial charge in [0.1, 0.15) is 5.82 Å². The summed E-state index contributed by atoms with van der Waals surface area (Å²) in [7, 11) is 3.87. The zero-order chi connectivity index (χ0) is 15.9. The van der Waals surface area contributed by atoms with Crippen LogP contribution >= 0.6 is 0 Å². The number of rotatable bonds is 6. The minimum Gasteiger partial charge on any atom is -0.363 e. The fourth-order valence-electron chi connectivity index (χ4n) is 2.85. The second-order valence-corrected chi connectivity index (χ2v) is 6.29. The van der Waals surface area contributed by atoms with Gasteiger partial charge in [-0.2, -0.15) is 0 Å². The summed E-state index contributed by atoms with van der Waals surface area (Å²) < 4.78 is 0. The monoisotopic (exact) mass is 304 g/mol. The number of hydrogen-bond donors (Lipinski definition) is 1. The molecule has 0 unspecified atom stereocenters. The minimum atomic E-state index is -0.0196. The largest absolute Gasteiger partial charge is 0.363 e. The highest BCUT2D eigenvalue weighted by Crippen LogP contribution is 2.16. The van der Waals surface area contributed by atoms with Crippen molar-refractivity contribution < 1.29 is 4.79 Å². The smallest absolute Gasteiger partial charge is 0.252 e. The molecule has 0 radical (unpaired) electrons. The number of piperidine rings is 1. The number of anilines is 1. The second-order valence-electron chi connectivity index (χ2n) is 6.29. The van der Waals surface area contributed by atoms with Crippen LogP contribution in [0.25, 0.3) is 0 Å². The van der Waals surface area contributed by atoms with Gasteiger partial charge < -0.3 is 15.1 Å². The first-order valence-electron chi connectivity index (χ1n) is 8.24. The van der Waals surface area contributed by atoms with Crippen molar-refractivity contribution in [3.05, 3.63) is 23.9 Å². The number of aromatic nitrogens is 1. The SMILES string of the molecule is CCCN1CCC(CNC(=O)c2ccc(N(C)C)nc2)CC1. The Morgan fingerprint density at radius 1 is 1.36 bits per heavy atom. The molecule has 0 aliphatic carbocycles. The van der Waals surface area contributed by atoms with E-state index in [1.807, 2.05) is 31.1 Å². The van der Waals surface area contributed by atoms with Crippen molar-refractivity contribution in [2.45, 2.75) is 26.2 Å². The Labute approximate surface area is 133 Å². The summed E-state index contributed by atoms with van der Waals surface area (Å²) in [4.78, 5) is 20.9. The average molecular weight is 304 g/mol. The summed E-state index contributed by atoms with van der Waals surface area (Å²) in [5.74, 6) is 1.44. The van der Waals surface area contributed by atoms with Crippen molar-refractivity contribution in [1.29, 1.82) is 0 Å². The van der Waals surface area contributed by atoms with Crippen LogP contribution in [-0.4, -0.2) is 56.1 Å². The fourth-order valence-corrected chi connectivity index (χ4v) is 2.85. The van der Waals surface area contributed by atoms with Gasteiger partial charge in [0.15, 0.2) is 0 Å². The van der Waals surface area contributed by atoms with E-state index in [4.69, 9.17) is 0 Å². The summed E-state index contributed by atoms with van der Waals surface area (Å²) in [6.07, 6.45) is 5.22. The molecule has 0 bridgehead atoms. The molecular weight excluding hydrogens is 276 g/mol. The topological polar surface area (TPSA) is 48.5 Å². The van der Waals surface area contributed by atoms with Crippen LogP contribution in [-0.2, 0) is 0 Å². The molecule has 0 atom stereocenters. The lowest BCUT2D eigenvalue weighted by Crippen LogP contribution is -2.38. The van der Waals surface area contributed by atoms with Crippen LogP contribution in [0.4, 0.5) is 5.82 Å². The van der Waals surface area contributed by atoms with Crippen molar-refractivity contribution in [3.8, 4) is 0 Å². The van der Waals surface area contributed by atoms with Crippen molar-refractivity contribution in [3.63, 3.8) is 0 Å². The normalized spacial score (nSPS) is 16.5. The highest BCUT2D eigenvalue weighted by atomic mass is 16.1. The molecule has 1 aliphatic rings. The number of amides is 1. The van der Waals surface area contributed by atoms with Gasteiger partial charge in [0.05, 0.1) is 5.56 Å². The lowest BCUT2D eigenvalue weighted by Gasteiger charge is -2.31.